The normalized spacial score (nSPS) is 11.4. The fourth-order valence-corrected chi connectivity index (χ4v) is 1.03. The smallest absolute Gasteiger partial charge is 0.363 e. The number of carbonyl (C=O) groups is 1. The van der Waals surface area contributed by atoms with E-state index in [1.807, 2.05) is 0 Å². The van der Waals surface area contributed by atoms with Crippen LogP contribution in [0.5, 0.6) is 11.5 Å². The van der Waals surface area contributed by atoms with E-state index in [-0.39, 0.29) is 5.75 Å². The summed E-state index contributed by atoms with van der Waals surface area (Å²) in [4.78, 5) is 14.6. The molecule has 0 aliphatic heterocycles. The minimum Gasteiger partial charge on any atom is -0.497 e. The third-order valence-electron chi connectivity index (χ3n) is 1.74. The van der Waals surface area contributed by atoms with Crippen LogP contribution >= 0.6 is 0 Å². The van der Waals surface area contributed by atoms with Crippen molar-refractivity contribution >= 4 is 11.9 Å². The van der Waals surface area contributed by atoms with Crippen molar-refractivity contribution in [3.63, 3.8) is 0 Å². The first-order valence-corrected chi connectivity index (χ1v) is 4.65. The van der Waals surface area contributed by atoms with Gasteiger partial charge in [0.15, 0.2) is 5.96 Å². The van der Waals surface area contributed by atoms with Crippen LogP contribution in [0.25, 0.3) is 0 Å². The number of esters is 1. The molecule has 1 aromatic rings. The van der Waals surface area contributed by atoms with Crippen LogP contribution in [0.15, 0.2) is 29.3 Å². The number of hydrogen-bond donors (Lipinski definition) is 3. The molecule has 0 aromatic heterocycles. The van der Waals surface area contributed by atoms with Crippen LogP contribution in [-0.4, -0.2) is 30.4 Å². The summed E-state index contributed by atoms with van der Waals surface area (Å²) < 4.78 is 9.77. The van der Waals surface area contributed by atoms with Gasteiger partial charge in [0.1, 0.15) is 11.5 Å². The summed E-state index contributed by atoms with van der Waals surface area (Å²) in [5.74, 6) is -0.641. The van der Waals surface area contributed by atoms with E-state index in [0.717, 1.165) is 0 Å². The topological polar surface area (TPSA) is 120 Å². The highest BCUT2D eigenvalue weighted by atomic mass is 16.6. The molecular formula is C10H13N3O4. The van der Waals surface area contributed by atoms with Gasteiger partial charge in [-0.15, -0.1) is 0 Å². The fraction of sp³-hybridized carbons (Fsp3) is 0.200. The molecule has 17 heavy (non-hydrogen) atoms. The maximum atomic E-state index is 11.3. The van der Waals surface area contributed by atoms with Crippen LogP contribution in [0.2, 0.25) is 0 Å². The van der Waals surface area contributed by atoms with E-state index < -0.39 is 18.2 Å². The minimum atomic E-state index is -1.74. The van der Waals surface area contributed by atoms with Crippen molar-refractivity contribution < 1.29 is 19.4 Å². The summed E-state index contributed by atoms with van der Waals surface area (Å²) in [6.07, 6.45) is -1.74. The zero-order valence-electron chi connectivity index (χ0n) is 9.16. The average molecular weight is 239 g/mol. The standard InChI is InChI=1S/C10H13N3O4/c1-16-6-3-2-4-7(5-6)17-9(15)8(14)13-10(11)12/h2-5,8,14H,1H3,(H4,11,12,13). The van der Waals surface area contributed by atoms with E-state index in [2.05, 4.69) is 4.99 Å². The molecule has 0 saturated carbocycles. The van der Waals surface area contributed by atoms with E-state index in [1.165, 1.54) is 19.2 Å². The lowest BCUT2D eigenvalue weighted by Gasteiger charge is -2.07. The van der Waals surface area contributed by atoms with Crippen LogP contribution in [0.4, 0.5) is 0 Å². The van der Waals surface area contributed by atoms with Gasteiger partial charge in [0.25, 0.3) is 0 Å². The lowest BCUT2D eigenvalue weighted by molar-refractivity contribution is -0.143. The summed E-state index contributed by atoms with van der Waals surface area (Å²) in [7, 11) is 1.48. The molecular weight excluding hydrogens is 226 g/mol. The van der Waals surface area contributed by atoms with Crippen LogP contribution in [0, 0.1) is 0 Å². The molecule has 7 heteroatoms. The second-order valence-corrected chi connectivity index (χ2v) is 3.03. The molecule has 0 fully saturated rings. The lowest BCUT2D eigenvalue weighted by Crippen LogP contribution is -2.31. The first kappa shape index (κ1) is 12.8. The highest BCUT2D eigenvalue weighted by Crippen LogP contribution is 2.19. The Bertz CT molecular complexity index is 429. The molecule has 92 valence electrons. The summed E-state index contributed by atoms with van der Waals surface area (Å²) in [6.45, 7) is 0. The van der Waals surface area contributed by atoms with Gasteiger partial charge >= 0.3 is 5.97 Å². The number of ether oxygens (including phenoxy) is 2. The van der Waals surface area contributed by atoms with Crippen molar-refractivity contribution in [1.82, 2.24) is 0 Å². The van der Waals surface area contributed by atoms with Gasteiger partial charge in [-0.25, -0.2) is 9.79 Å². The number of carbonyl (C=O) groups excluding carboxylic acids is 1. The van der Waals surface area contributed by atoms with Gasteiger partial charge in [-0.05, 0) is 12.1 Å². The maximum absolute atomic E-state index is 11.3. The van der Waals surface area contributed by atoms with Gasteiger partial charge in [-0.3, -0.25) is 0 Å². The molecule has 1 unspecified atom stereocenters. The number of aliphatic hydroxyl groups excluding tert-OH is 1. The summed E-state index contributed by atoms with van der Waals surface area (Å²) in [6, 6.07) is 6.33. The third kappa shape index (κ3) is 3.99. The number of aliphatic hydroxyl groups is 1. The first-order valence-electron chi connectivity index (χ1n) is 4.65. The highest BCUT2D eigenvalue weighted by Gasteiger charge is 2.16. The SMILES string of the molecule is COc1cccc(OC(=O)C(O)N=C(N)N)c1. The van der Waals surface area contributed by atoms with E-state index in [9.17, 15) is 9.90 Å². The van der Waals surface area contributed by atoms with E-state index in [0.29, 0.717) is 5.75 Å². The van der Waals surface area contributed by atoms with Gasteiger partial charge in [0.2, 0.25) is 6.23 Å². The molecule has 5 N–H and O–H groups in total. The van der Waals surface area contributed by atoms with Crippen LogP contribution in [0.3, 0.4) is 0 Å². The quantitative estimate of drug-likeness (QED) is 0.273. The van der Waals surface area contributed by atoms with Crippen molar-refractivity contribution in [2.24, 2.45) is 16.5 Å². The van der Waals surface area contributed by atoms with Crippen molar-refractivity contribution in [3.05, 3.63) is 24.3 Å². The molecule has 1 rings (SSSR count). The second kappa shape index (κ2) is 5.71. The van der Waals surface area contributed by atoms with Crippen LogP contribution in [0.1, 0.15) is 0 Å². The molecule has 0 radical (unpaired) electrons. The Labute approximate surface area is 97.6 Å². The summed E-state index contributed by atoms with van der Waals surface area (Å²) in [5.41, 5.74) is 10.0. The molecule has 7 nitrogen and oxygen atoms in total. The van der Waals surface area contributed by atoms with Gasteiger partial charge in [-0.2, -0.15) is 0 Å². The molecule has 1 aromatic carbocycles. The Morgan fingerprint density at radius 3 is 2.65 bits per heavy atom. The van der Waals surface area contributed by atoms with Crippen LogP contribution < -0.4 is 20.9 Å². The summed E-state index contributed by atoms with van der Waals surface area (Å²) >= 11 is 0. The van der Waals surface area contributed by atoms with Gasteiger partial charge < -0.3 is 26.0 Å². The number of nitrogens with zero attached hydrogens (tertiary/aromatic N) is 1. The number of nitrogens with two attached hydrogens (primary N) is 2. The van der Waals surface area contributed by atoms with E-state index >= 15 is 0 Å². The largest absolute Gasteiger partial charge is 0.497 e. The fourth-order valence-electron chi connectivity index (χ4n) is 1.03. The number of guanidine groups is 1. The van der Waals surface area contributed by atoms with Crippen molar-refractivity contribution in [2.75, 3.05) is 7.11 Å². The molecule has 0 aliphatic rings. The molecule has 0 saturated heterocycles. The predicted octanol–water partition coefficient (Wildman–Crippen LogP) is -0.808. The Kier molecular flexibility index (Phi) is 4.29. The Morgan fingerprint density at radius 1 is 1.41 bits per heavy atom. The molecule has 0 heterocycles. The zero-order valence-corrected chi connectivity index (χ0v) is 9.16. The zero-order chi connectivity index (χ0) is 12.8. The molecule has 0 amide bonds. The Balaban J connectivity index is 2.70. The number of hydrogen-bond acceptors (Lipinski definition) is 5. The third-order valence-corrected chi connectivity index (χ3v) is 1.74. The number of aliphatic imine (C=N–C) groups is 1. The first-order chi connectivity index (χ1) is 8.02. The molecule has 0 aliphatic carbocycles. The lowest BCUT2D eigenvalue weighted by atomic mass is 10.3. The highest BCUT2D eigenvalue weighted by molar-refractivity contribution is 5.82. The number of methoxy groups -OCH3 is 1. The molecule has 1 atom stereocenters. The Hall–Kier alpha value is -2.28. The average Bonchev–Trinajstić information content (AvgIpc) is 2.28. The van der Waals surface area contributed by atoms with Crippen molar-refractivity contribution in [2.45, 2.75) is 6.23 Å². The van der Waals surface area contributed by atoms with Crippen molar-refractivity contribution in [3.8, 4) is 11.5 Å². The molecule has 0 spiro atoms. The van der Waals surface area contributed by atoms with Crippen molar-refractivity contribution in [1.29, 1.82) is 0 Å². The second-order valence-electron chi connectivity index (χ2n) is 3.03. The number of rotatable bonds is 4. The van der Waals surface area contributed by atoms with Crippen LogP contribution in [-0.2, 0) is 4.79 Å². The van der Waals surface area contributed by atoms with E-state index in [4.69, 9.17) is 20.9 Å². The minimum absolute atomic E-state index is 0.221. The summed E-state index contributed by atoms with van der Waals surface area (Å²) in [5, 5.41) is 9.22. The molecule has 0 bridgehead atoms. The Morgan fingerprint density at radius 2 is 2.06 bits per heavy atom. The monoisotopic (exact) mass is 239 g/mol. The van der Waals surface area contributed by atoms with Gasteiger partial charge in [0.05, 0.1) is 7.11 Å². The maximum Gasteiger partial charge on any atom is 0.363 e. The van der Waals surface area contributed by atoms with Gasteiger partial charge in [-0.1, -0.05) is 6.07 Å². The van der Waals surface area contributed by atoms with Gasteiger partial charge in [0, 0.05) is 6.07 Å². The van der Waals surface area contributed by atoms with E-state index in [1.54, 1.807) is 12.1 Å². The predicted molar refractivity (Wildman–Crippen MR) is 60.4 cm³/mol. The number of benzene rings is 1.